The number of hydrogen-bond acceptors (Lipinski definition) is 5. The lowest BCUT2D eigenvalue weighted by atomic mass is 10.2. The number of aromatic nitrogens is 2. The van der Waals surface area contributed by atoms with Crippen molar-refractivity contribution in [3.63, 3.8) is 0 Å². The molecule has 23 heavy (non-hydrogen) atoms. The maximum absolute atomic E-state index is 12.1. The molecule has 0 fully saturated rings. The van der Waals surface area contributed by atoms with Gasteiger partial charge in [-0.3, -0.25) is 4.79 Å². The van der Waals surface area contributed by atoms with Crippen LogP contribution in [0, 0.1) is 6.92 Å². The molecule has 0 atom stereocenters. The lowest BCUT2D eigenvalue weighted by Crippen LogP contribution is -2.21. The van der Waals surface area contributed by atoms with Gasteiger partial charge >= 0.3 is 0 Å². The number of benzene rings is 1. The van der Waals surface area contributed by atoms with Crippen LogP contribution in [0.4, 0.5) is 5.69 Å². The van der Waals surface area contributed by atoms with Gasteiger partial charge in [-0.25, -0.2) is 9.97 Å². The Labute approximate surface area is 153 Å². The van der Waals surface area contributed by atoms with Gasteiger partial charge in [0, 0.05) is 8.95 Å². The highest BCUT2D eigenvalue weighted by Gasteiger charge is 2.12. The van der Waals surface area contributed by atoms with Crippen molar-refractivity contribution < 1.29 is 9.53 Å². The largest absolute Gasteiger partial charge is 0.467 e. The Kier molecular flexibility index (Phi) is 4.93. The highest BCUT2D eigenvalue weighted by molar-refractivity contribution is 9.11. The molecule has 0 aliphatic carbocycles. The quantitative estimate of drug-likeness (QED) is 0.625. The summed E-state index contributed by atoms with van der Waals surface area (Å²) in [5.41, 5.74) is 1.76. The van der Waals surface area contributed by atoms with Crippen molar-refractivity contribution in [1.82, 2.24) is 9.97 Å². The molecular weight excluding hydrogens is 446 g/mol. The van der Waals surface area contributed by atoms with E-state index in [4.69, 9.17) is 4.74 Å². The van der Waals surface area contributed by atoms with E-state index in [0.29, 0.717) is 11.6 Å². The summed E-state index contributed by atoms with van der Waals surface area (Å²) in [6.07, 6.45) is 1.43. The van der Waals surface area contributed by atoms with E-state index < -0.39 is 0 Å². The minimum Gasteiger partial charge on any atom is -0.467 e. The molecule has 0 saturated heterocycles. The smallest absolute Gasteiger partial charge is 0.262 e. The first kappa shape index (κ1) is 16.4. The van der Waals surface area contributed by atoms with Crippen molar-refractivity contribution in [3.8, 4) is 5.88 Å². The zero-order valence-electron chi connectivity index (χ0n) is 12.0. The normalized spacial score (nSPS) is 10.7. The molecule has 0 aliphatic heterocycles. The van der Waals surface area contributed by atoms with Crippen LogP contribution in [0.25, 0.3) is 10.2 Å². The summed E-state index contributed by atoms with van der Waals surface area (Å²) in [5, 5.41) is 5.54. The summed E-state index contributed by atoms with van der Waals surface area (Å²) in [7, 11) is 0. The molecule has 3 rings (SSSR count). The Morgan fingerprint density at radius 1 is 1.30 bits per heavy atom. The first-order valence-corrected chi connectivity index (χ1v) is 9.07. The number of ether oxygens (including phenoxy) is 1. The van der Waals surface area contributed by atoms with Crippen LogP contribution in [0.5, 0.6) is 5.88 Å². The Balaban J connectivity index is 1.70. The van der Waals surface area contributed by atoms with E-state index in [1.165, 1.54) is 17.7 Å². The van der Waals surface area contributed by atoms with Crippen molar-refractivity contribution in [2.75, 3.05) is 11.9 Å². The van der Waals surface area contributed by atoms with Gasteiger partial charge in [-0.05, 0) is 67.9 Å². The van der Waals surface area contributed by atoms with Gasteiger partial charge < -0.3 is 10.1 Å². The predicted molar refractivity (Wildman–Crippen MR) is 98.1 cm³/mol. The second-order valence-electron chi connectivity index (χ2n) is 4.76. The monoisotopic (exact) mass is 455 g/mol. The third-order valence-corrected chi connectivity index (χ3v) is 5.09. The molecule has 3 aromatic rings. The number of amides is 1. The highest BCUT2D eigenvalue weighted by atomic mass is 79.9. The third kappa shape index (κ3) is 3.70. The molecule has 0 spiro atoms. The van der Waals surface area contributed by atoms with Gasteiger partial charge in [0.05, 0.1) is 11.1 Å². The van der Waals surface area contributed by atoms with Crippen LogP contribution < -0.4 is 10.1 Å². The number of carbonyl (C=O) groups excluding carboxylic acids is 1. The van der Waals surface area contributed by atoms with Gasteiger partial charge in [0.25, 0.3) is 5.91 Å². The molecule has 0 unspecified atom stereocenters. The van der Waals surface area contributed by atoms with E-state index in [2.05, 4.69) is 47.1 Å². The van der Waals surface area contributed by atoms with E-state index in [0.717, 1.165) is 24.7 Å². The zero-order valence-corrected chi connectivity index (χ0v) is 16.0. The minimum atomic E-state index is -0.266. The number of rotatable bonds is 4. The molecule has 118 valence electrons. The lowest BCUT2D eigenvalue weighted by Gasteiger charge is -2.11. The number of halogens is 2. The predicted octanol–water partition coefficient (Wildman–Crippen LogP) is 4.54. The van der Waals surface area contributed by atoms with E-state index >= 15 is 0 Å². The van der Waals surface area contributed by atoms with Crippen LogP contribution in [0.3, 0.4) is 0 Å². The summed E-state index contributed by atoms with van der Waals surface area (Å²) in [5.74, 6) is 0.144. The van der Waals surface area contributed by atoms with Crippen LogP contribution in [0.2, 0.25) is 0 Å². The molecule has 0 aliphatic rings. The Bertz CT molecular complexity index is 859. The maximum atomic E-state index is 12.1. The van der Waals surface area contributed by atoms with Gasteiger partial charge in [0.15, 0.2) is 6.61 Å². The van der Waals surface area contributed by atoms with E-state index in [-0.39, 0.29) is 12.5 Å². The maximum Gasteiger partial charge on any atom is 0.262 e. The molecule has 1 aromatic carbocycles. The lowest BCUT2D eigenvalue weighted by molar-refractivity contribution is -0.118. The average Bonchev–Trinajstić information content (AvgIpc) is 2.97. The summed E-state index contributed by atoms with van der Waals surface area (Å²) >= 11 is 8.39. The molecular formula is C15H11Br2N3O2S. The molecule has 2 aromatic heterocycles. The number of aryl methyl sites for hydroxylation is 1. The van der Waals surface area contributed by atoms with Gasteiger partial charge in [-0.2, -0.15) is 0 Å². The number of fused-ring (bicyclic) bond motifs is 1. The van der Waals surface area contributed by atoms with Crippen LogP contribution in [-0.2, 0) is 4.79 Å². The van der Waals surface area contributed by atoms with Crippen molar-refractivity contribution in [2.24, 2.45) is 0 Å². The molecule has 2 heterocycles. The fourth-order valence-corrected chi connectivity index (χ4v) is 4.35. The zero-order chi connectivity index (χ0) is 16.4. The molecule has 0 bridgehead atoms. The number of nitrogens with zero attached hydrogens (tertiary/aromatic N) is 2. The highest BCUT2D eigenvalue weighted by Crippen LogP contribution is 2.32. The second kappa shape index (κ2) is 6.94. The third-order valence-electron chi connectivity index (χ3n) is 3.02. The number of hydrogen-bond donors (Lipinski definition) is 1. The van der Waals surface area contributed by atoms with Crippen molar-refractivity contribution in [2.45, 2.75) is 6.92 Å². The molecule has 5 nitrogen and oxygen atoms in total. The number of nitrogens with one attached hydrogen (secondary N) is 1. The minimum absolute atomic E-state index is 0.130. The van der Waals surface area contributed by atoms with Crippen LogP contribution in [0.15, 0.2) is 38.9 Å². The van der Waals surface area contributed by atoms with Gasteiger partial charge in [-0.1, -0.05) is 0 Å². The van der Waals surface area contributed by atoms with Crippen molar-refractivity contribution >= 4 is 65.0 Å². The Morgan fingerprint density at radius 3 is 2.78 bits per heavy atom. The van der Waals surface area contributed by atoms with E-state index in [9.17, 15) is 4.79 Å². The summed E-state index contributed by atoms with van der Waals surface area (Å²) < 4.78 is 7.14. The first-order chi connectivity index (χ1) is 11.0. The van der Waals surface area contributed by atoms with Crippen molar-refractivity contribution in [1.29, 1.82) is 0 Å². The van der Waals surface area contributed by atoms with E-state index in [1.807, 2.05) is 30.5 Å². The average molecular weight is 457 g/mol. The molecule has 1 amide bonds. The van der Waals surface area contributed by atoms with Crippen LogP contribution in [-0.4, -0.2) is 22.5 Å². The topological polar surface area (TPSA) is 64.1 Å². The molecule has 0 saturated carbocycles. The summed E-state index contributed by atoms with van der Waals surface area (Å²) in [4.78, 5) is 21.2. The molecule has 1 N–H and O–H groups in total. The van der Waals surface area contributed by atoms with Gasteiger partial charge in [0.1, 0.15) is 11.2 Å². The van der Waals surface area contributed by atoms with Crippen molar-refractivity contribution in [3.05, 3.63) is 44.4 Å². The fourth-order valence-electron chi connectivity index (χ4n) is 2.01. The van der Waals surface area contributed by atoms with Crippen LogP contribution >= 0.6 is 43.2 Å². The second-order valence-corrected chi connectivity index (χ2v) is 7.36. The fraction of sp³-hybridized carbons (Fsp3) is 0.133. The number of thiophene rings is 1. The Hall–Kier alpha value is -1.51. The van der Waals surface area contributed by atoms with E-state index in [1.54, 1.807) is 0 Å². The first-order valence-electron chi connectivity index (χ1n) is 6.61. The summed E-state index contributed by atoms with van der Waals surface area (Å²) in [6, 6.07) is 5.74. The molecule has 0 radical (unpaired) electrons. The summed E-state index contributed by atoms with van der Waals surface area (Å²) in [6.45, 7) is 1.85. The number of anilines is 1. The van der Waals surface area contributed by atoms with Crippen LogP contribution in [0.1, 0.15) is 5.56 Å². The SMILES string of the molecule is Cc1cc(Br)c(NC(=O)COc2ncnc3sccc23)c(Br)c1. The molecule has 8 heteroatoms. The standard InChI is InChI=1S/C15H11Br2N3O2S/c1-8-4-10(16)13(11(17)5-8)20-12(21)6-22-14-9-2-3-23-15(9)19-7-18-14/h2-5,7H,6H2,1H3,(H,20,21). The Morgan fingerprint density at radius 2 is 2.04 bits per heavy atom. The van der Waals surface area contributed by atoms with Gasteiger partial charge in [0.2, 0.25) is 5.88 Å². The number of carbonyl (C=O) groups is 1. The van der Waals surface area contributed by atoms with Gasteiger partial charge in [-0.15, -0.1) is 11.3 Å².